The van der Waals surface area contributed by atoms with Gasteiger partial charge in [0.1, 0.15) is 6.04 Å². The molecule has 0 fully saturated rings. The molecule has 1 unspecified atom stereocenters. The minimum absolute atomic E-state index is 0.148. The van der Waals surface area contributed by atoms with Crippen LogP contribution in [0.5, 0.6) is 0 Å². The number of carbonyl (C=O) groups excluding carboxylic acids is 1. The van der Waals surface area contributed by atoms with Crippen molar-refractivity contribution in [2.45, 2.75) is 26.3 Å². The number of thioether (sulfide) groups is 1. The number of hydrogen-bond donors (Lipinski definition) is 2. The molecule has 0 saturated heterocycles. The van der Waals surface area contributed by atoms with E-state index in [0.717, 1.165) is 62.6 Å². The molecule has 52 heavy (non-hydrogen) atoms. The summed E-state index contributed by atoms with van der Waals surface area (Å²) < 4.78 is 0. The highest BCUT2D eigenvalue weighted by Crippen LogP contribution is 2.38. The number of carboxylic acids is 1. The van der Waals surface area contributed by atoms with E-state index in [1.54, 1.807) is 0 Å². The van der Waals surface area contributed by atoms with E-state index in [4.69, 9.17) is 5.11 Å². The first kappa shape index (κ1) is 34.3. The van der Waals surface area contributed by atoms with Crippen LogP contribution in [0.1, 0.15) is 16.7 Å². The lowest BCUT2D eigenvalue weighted by Crippen LogP contribution is -2.29. The summed E-state index contributed by atoms with van der Waals surface area (Å²) in [6, 6.07) is 52.4. The summed E-state index contributed by atoms with van der Waals surface area (Å²) in [4.78, 5) is 32.3. The largest absolute Gasteiger partial charge is 0.481 e. The quantitative estimate of drug-likeness (QED) is 0.140. The molecule has 0 spiro atoms. The number of aryl methyl sites for hydroxylation is 2. The van der Waals surface area contributed by atoms with Crippen molar-refractivity contribution in [1.29, 1.82) is 0 Å². The molecule has 258 valence electrons. The van der Waals surface area contributed by atoms with Gasteiger partial charge < -0.3 is 20.2 Å². The molecule has 6 aromatic rings. The number of amides is 1. The van der Waals surface area contributed by atoms with E-state index in [1.165, 1.54) is 11.1 Å². The van der Waals surface area contributed by atoms with Crippen LogP contribution in [-0.2, 0) is 16.0 Å². The Hall–Kier alpha value is -6.12. The molecule has 0 aliphatic carbocycles. The predicted molar refractivity (Wildman–Crippen MR) is 214 cm³/mol. The Bertz CT molecular complexity index is 2190. The van der Waals surface area contributed by atoms with Crippen LogP contribution < -0.4 is 15.1 Å². The Morgan fingerprint density at radius 1 is 0.615 bits per heavy atom. The van der Waals surface area contributed by atoms with E-state index in [-0.39, 0.29) is 11.7 Å². The highest BCUT2D eigenvalue weighted by Gasteiger charge is 2.27. The smallest absolute Gasteiger partial charge is 0.313 e. The summed E-state index contributed by atoms with van der Waals surface area (Å²) in [7, 11) is 0. The van der Waals surface area contributed by atoms with Crippen molar-refractivity contribution in [3.8, 4) is 11.1 Å². The molecule has 1 aliphatic heterocycles. The number of amidine groups is 1. The van der Waals surface area contributed by atoms with Crippen molar-refractivity contribution in [2.24, 2.45) is 4.99 Å². The predicted octanol–water partition coefficient (Wildman–Crippen LogP) is 10.1. The number of nitrogens with zero attached hydrogens (tertiary/aromatic N) is 3. The zero-order valence-electron chi connectivity index (χ0n) is 28.9. The number of aliphatic imine (C=N–C) groups is 1. The van der Waals surface area contributed by atoms with Crippen LogP contribution in [0.3, 0.4) is 0 Å². The van der Waals surface area contributed by atoms with Gasteiger partial charge >= 0.3 is 5.97 Å². The van der Waals surface area contributed by atoms with Crippen LogP contribution in [0.4, 0.5) is 34.1 Å². The maximum absolute atomic E-state index is 12.5. The Kier molecular flexibility index (Phi) is 10.2. The van der Waals surface area contributed by atoms with Crippen LogP contribution in [0, 0.1) is 13.8 Å². The van der Waals surface area contributed by atoms with Gasteiger partial charge in [0.25, 0.3) is 5.91 Å². The minimum atomic E-state index is -0.951. The fraction of sp³-hybridized carbons (Fsp3) is 0.114. The van der Waals surface area contributed by atoms with Crippen molar-refractivity contribution in [3.05, 3.63) is 168 Å². The summed E-state index contributed by atoms with van der Waals surface area (Å²) >= 11 is 1.02. The molecule has 1 atom stereocenters. The monoisotopic (exact) mass is 702 g/mol. The lowest BCUT2D eigenvalue weighted by molar-refractivity contribution is -0.134. The van der Waals surface area contributed by atoms with Crippen LogP contribution in [-0.4, -0.2) is 33.9 Å². The first-order valence-corrected chi connectivity index (χ1v) is 18.1. The molecule has 1 heterocycles. The average Bonchev–Trinajstić information content (AvgIpc) is 3.52. The normalized spacial score (nSPS) is 13.7. The minimum Gasteiger partial charge on any atom is -0.481 e. The van der Waals surface area contributed by atoms with Crippen LogP contribution >= 0.6 is 11.8 Å². The van der Waals surface area contributed by atoms with Crippen molar-refractivity contribution < 1.29 is 14.7 Å². The van der Waals surface area contributed by atoms with E-state index >= 15 is 0 Å². The molecule has 0 aromatic heterocycles. The number of nitrogens with one attached hydrogen (secondary N) is 1. The number of carboxylic acid groups (broad SMARTS) is 1. The van der Waals surface area contributed by atoms with E-state index in [0.29, 0.717) is 11.6 Å². The van der Waals surface area contributed by atoms with Gasteiger partial charge in [0, 0.05) is 40.5 Å². The van der Waals surface area contributed by atoms with Crippen LogP contribution in [0.2, 0.25) is 0 Å². The molecule has 1 amide bonds. The summed E-state index contributed by atoms with van der Waals surface area (Å²) in [6.07, 6.45) is 0.426. The number of rotatable bonds is 11. The van der Waals surface area contributed by atoms with Gasteiger partial charge in [-0.25, -0.2) is 4.99 Å². The molecular formula is C44H38N4O3S. The van der Waals surface area contributed by atoms with Crippen molar-refractivity contribution in [1.82, 2.24) is 5.32 Å². The average molecular weight is 703 g/mol. The number of carbonyl (C=O) groups is 2. The van der Waals surface area contributed by atoms with E-state index in [2.05, 4.69) is 167 Å². The number of para-hydroxylation sites is 1. The molecule has 7 nitrogen and oxygen atoms in total. The zero-order chi connectivity index (χ0) is 36.0. The lowest BCUT2D eigenvalue weighted by atomic mass is 10.0. The van der Waals surface area contributed by atoms with Gasteiger partial charge in [0.2, 0.25) is 0 Å². The zero-order valence-corrected chi connectivity index (χ0v) is 29.8. The van der Waals surface area contributed by atoms with Gasteiger partial charge in [0.15, 0.2) is 5.17 Å². The molecule has 6 aromatic carbocycles. The van der Waals surface area contributed by atoms with Gasteiger partial charge in [-0.2, -0.15) is 0 Å². The number of benzene rings is 6. The lowest BCUT2D eigenvalue weighted by Gasteiger charge is -2.26. The number of aliphatic carboxylic acids is 1. The first-order valence-electron chi connectivity index (χ1n) is 17.1. The highest BCUT2D eigenvalue weighted by molar-refractivity contribution is 8.14. The second-order valence-electron chi connectivity index (χ2n) is 12.8. The van der Waals surface area contributed by atoms with Crippen LogP contribution in [0.15, 0.2) is 157 Å². The Morgan fingerprint density at radius 2 is 1.02 bits per heavy atom. The molecule has 0 saturated carbocycles. The number of anilines is 6. The van der Waals surface area contributed by atoms with E-state index in [9.17, 15) is 9.59 Å². The Morgan fingerprint density at radius 3 is 1.46 bits per heavy atom. The van der Waals surface area contributed by atoms with Crippen molar-refractivity contribution in [2.75, 3.05) is 15.6 Å². The second-order valence-corrected chi connectivity index (χ2v) is 13.7. The highest BCUT2D eigenvalue weighted by atomic mass is 32.2. The van der Waals surface area contributed by atoms with Gasteiger partial charge in [-0.15, -0.1) is 0 Å². The molecule has 8 heteroatoms. The summed E-state index contributed by atoms with van der Waals surface area (Å²) in [5, 5.41) is 12.0. The Labute approximate surface area is 308 Å². The van der Waals surface area contributed by atoms with E-state index in [1.807, 2.05) is 18.2 Å². The van der Waals surface area contributed by atoms with Gasteiger partial charge in [-0.3, -0.25) is 9.59 Å². The third kappa shape index (κ3) is 7.93. The molecule has 0 radical (unpaired) electrons. The summed E-state index contributed by atoms with van der Waals surface area (Å²) in [5.41, 5.74) is 12.0. The molecular weight excluding hydrogens is 665 g/mol. The summed E-state index contributed by atoms with van der Waals surface area (Å²) in [5.74, 6) is -1.31. The fourth-order valence-corrected chi connectivity index (χ4v) is 6.87. The molecule has 1 aliphatic rings. The van der Waals surface area contributed by atoms with Gasteiger partial charge in [0.05, 0.1) is 5.75 Å². The number of hydrogen-bond acceptors (Lipinski definition) is 6. The standard InChI is InChI=1S/C44H38N4O3S/c1-30-8-18-36(19-9-30)47(35-6-4-3-5-7-35)39-24-14-33(15-25-39)34-16-26-40(27-17-34)48(37-20-10-31(2)11-21-37)38-22-12-32(13-23-38)28-41-43(51)46-44(45-41)52-29-42(49)50/h3-27,41H,28-29H2,1-2H3,(H,49,50)(H,45,46,51). The first-order chi connectivity index (χ1) is 25.3. The second kappa shape index (κ2) is 15.4. The van der Waals surface area contributed by atoms with Crippen molar-refractivity contribution in [3.63, 3.8) is 0 Å². The Balaban J connectivity index is 1.12. The maximum Gasteiger partial charge on any atom is 0.313 e. The molecule has 7 rings (SSSR count). The fourth-order valence-electron chi connectivity index (χ4n) is 6.23. The topological polar surface area (TPSA) is 85.2 Å². The SMILES string of the molecule is Cc1ccc(N(c2ccccc2)c2ccc(-c3ccc(N(c4ccc(C)cc4)c4ccc(CC5N=C(SCC(=O)O)NC5=O)cc4)cc3)cc2)cc1. The van der Waals surface area contributed by atoms with Gasteiger partial charge in [-0.05, 0) is 103 Å². The van der Waals surface area contributed by atoms with E-state index < -0.39 is 12.0 Å². The van der Waals surface area contributed by atoms with Crippen LogP contribution in [0.25, 0.3) is 11.1 Å². The van der Waals surface area contributed by atoms with Crippen molar-refractivity contribution >= 4 is 62.9 Å². The third-order valence-corrected chi connectivity index (χ3v) is 9.82. The third-order valence-electron chi connectivity index (χ3n) is 8.94. The molecule has 0 bridgehead atoms. The summed E-state index contributed by atoms with van der Waals surface area (Å²) in [6.45, 7) is 4.18. The van der Waals surface area contributed by atoms with Gasteiger partial charge in [-0.1, -0.05) is 102 Å². The maximum atomic E-state index is 12.5. The molecule has 2 N–H and O–H groups in total.